The van der Waals surface area contributed by atoms with Gasteiger partial charge in [-0.15, -0.1) is 0 Å². The summed E-state index contributed by atoms with van der Waals surface area (Å²) in [5, 5.41) is 23.8. The van der Waals surface area contributed by atoms with E-state index < -0.39 is 17.4 Å². The molecule has 7 nitrogen and oxygen atoms in total. The number of nitriles is 1. The molecule has 0 radical (unpaired) electrons. The van der Waals surface area contributed by atoms with Crippen LogP contribution in [0.1, 0.15) is 18.2 Å². The number of furan rings is 1. The number of para-hydroxylation sites is 1. The van der Waals surface area contributed by atoms with E-state index in [-0.39, 0.29) is 23.6 Å². The molecule has 0 aliphatic rings. The van der Waals surface area contributed by atoms with Crippen molar-refractivity contribution in [3.05, 3.63) is 54.0 Å². The normalized spacial score (nSPS) is 12.7. The van der Waals surface area contributed by atoms with Crippen molar-refractivity contribution in [1.82, 2.24) is 5.32 Å². The zero-order valence-corrected chi connectivity index (χ0v) is 12.4. The van der Waals surface area contributed by atoms with Crippen LogP contribution in [0.4, 0.5) is 5.69 Å². The number of carbonyl (C=O) groups excluding carboxylic acids is 2. The van der Waals surface area contributed by atoms with Crippen LogP contribution >= 0.6 is 0 Å². The average Bonchev–Trinajstić information content (AvgIpc) is 3.08. The number of aliphatic hydroxyl groups is 1. The molecule has 0 saturated carbocycles. The quantitative estimate of drug-likeness (QED) is 0.731. The first kappa shape index (κ1) is 16.3. The Labute approximate surface area is 132 Å². The van der Waals surface area contributed by atoms with E-state index >= 15 is 0 Å². The molecule has 1 aromatic carbocycles. The van der Waals surface area contributed by atoms with Gasteiger partial charge in [0, 0.05) is 0 Å². The summed E-state index contributed by atoms with van der Waals surface area (Å²) in [4.78, 5) is 23.7. The Bertz CT molecular complexity index is 745. The lowest BCUT2D eigenvalue weighted by molar-refractivity contribution is -0.136. The summed E-state index contributed by atoms with van der Waals surface area (Å²) < 4.78 is 5.08. The van der Waals surface area contributed by atoms with Crippen molar-refractivity contribution in [3.8, 4) is 6.07 Å². The molecule has 2 rings (SSSR count). The van der Waals surface area contributed by atoms with E-state index in [4.69, 9.17) is 9.68 Å². The average molecular weight is 313 g/mol. The Hall–Kier alpha value is -3.11. The van der Waals surface area contributed by atoms with Gasteiger partial charge in [0.2, 0.25) is 0 Å². The van der Waals surface area contributed by atoms with Crippen molar-refractivity contribution < 1.29 is 19.1 Å². The van der Waals surface area contributed by atoms with Crippen LogP contribution < -0.4 is 10.6 Å². The lowest BCUT2D eigenvalue weighted by atomic mass is 10.0. The van der Waals surface area contributed by atoms with Gasteiger partial charge in [0.1, 0.15) is 17.4 Å². The van der Waals surface area contributed by atoms with Crippen molar-refractivity contribution in [1.29, 1.82) is 5.26 Å². The van der Waals surface area contributed by atoms with E-state index in [1.807, 2.05) is 6.07 Å². The summed E-state index contributed by atoms with van der Waals surface area (Å²) in [6, 6.07) is 11.4. The minimum atomic E-state index is -1.44. The number of hydrogen-bond donors (Lipinski definition) is 3. The molecule has 2 amide bonds. The molecule has 1 aromatic heterocycles. The van der Waals surface area contributed by atoms with Gasteiger partial charge < -0.3 is 20.2 Å². The molecule has 23 heavy (non-hydrogen) atoms. The highest BCUT2D eigenvalue weighted by Crippen LogP contribution is 2.19. The summed E-state index contributed by atoms with van der Waals surface area (Å²) in [5.41, 5.74) is -0.950. The highest BCUT2D eigenvalue weighted by atomic mass is 16.4. The molecule has 0 saturated heterocycles. The fourth-order valence-corrected chi connectivity index (χ4v) is 1.87. The number of nitrogens with zero attached hydrogens (tertiary/aromatic N) is 1. The highest BCUT2D eigenvalue weighted by Gasteiger charge is 2.28. The highest BCUT2D eigenvalue weighted by molar-refractivity contribution is 6.39. The maximum Gasteiger partial charge on any atom is 0.313 e. The second-order valence-electron chi connectivity index (χ2n) is 5.05. The molecule has 0 fully saturated rings. The molecule has 0 bridgehead atoms. The van der Waals surface area contributed by atoms with Crippen molar-refractivity contribution in [2.75, 3.05) is 11.9 Å². The molecule has 0 spiro atoms. The summed E-state index contributed by atoms with van der Waals surface area (Å²) in [6.45, 7) is 1.25. The summed E-state index contributed by atoms with van der Waals surface area (Å²) in [5.74, 6) is -1.58. The van der Waals surface area contributed by atoms with E-state index in [9.17, 15) is 14.7 Å². The summed E-state index contributed by atoms with van der Waals surface area (Å²) in [7, 11) is 0. The molecule has 0 aliphatic heterocycles. The maximum atomic E-state index is 11.8. The van der Waals surface area contributed by atoms with Gasteiger partial charge in [-0.05, 0) is 31.2 Å². The molecular formula is C16H15N3O4. The zero-order chi connectivity index (χ0) is 16.9. The number of hydrogen-bond acceptors (Lipinski definition) is 5. The number of anilines is 1. The van der Waals surface area contributed by atoms with Crippen molar-refractivity contribution in [2.24, 2.45) is 0 Å². The molecular weight excluding hydrogens is 298 g/mol. The monoisotopic (exact) mass is 313 g/mol. The Morgan fingerprint density at radius 1 is 1.26 bits per heavy atom. The Morgan fingerprint density at radius 3 is 2.65 bits per heavy atom. The maximum absolute atomic E-state index is 11.8. The van der Waals surface area contributed by atoms with Crippen LogP contribution in [-0.2, 0) is 15.2 Å². The first-order chi connectivity index (χ1) is 10.9. The van der Waals surface area contributed by atoms with Gasteiger partial charge >= 0.3 is 11.8 Å². The minimum Gasteiger partial charge on any atom is -0.466 e. The van der Waals surface area contributed by atoms with Crippen LogP contribution in [0.15, 0.2) is 47.1 Å². The van der Waals surface area contributed by atoms with Gasteiger partial charge in [0.25, 0.3) is 0 Å². The smallest absolute Gasteiger partial charge is 0.313 e. The van der Waals surface area contributed by atoms with Crippen molar-refractivity contribution in [2.45, 2.75) is 12.5 Å². The summed E-state index contributed by atoms with van der Waals surface area (Å²) in [6.07, 6.45) is 1.40. The predicted molar refractivity (Wildman–Crippen MR) is 81.1 cm³/mol. The van der Waals surface area contributed by atoms with Crippen LogP contribution in [0, 0.1) is 11.3 Å². The van der Waals surface area contributed by atoms with Crippen LogP contribution in [-0.4, -0.2) is 23.5 Å². The number of carbonyl (C=O) groups is 2. The van der Waals surface area contributed by atoms with E-state index in [1.165, 1.54) is 25.3 Å². The molecule has 1 atom stereocenters. The van der Waals surface area contributed by atoms with Crippen molar-refractivity contribution >= 4 is 17.5 Å². The summed E-state index contributed by atoms with van der Waals surface area (Å²) >= 11 is 0. The van der Waals surface area contributed by atoms with E-state index in [0.29, 0.717) is 0 Å². The first-order valence-corrected chi connectivity index (χ1v) is 6.79. The van der Waals surface area contributed by atoms with Gasteiger partial charge in [0.05, 0.1) is 24.1 Å². The van der Waals surface area contributed by atoms with Gasteiger partial charge in [-0.25, -0.2) is 0 Å². The van der Waals surface area contributed by atoms with Crippen LogP contribution in [0.2, 0.25) is 0 Å². The first-order valence-electron chi connectivity index (χ1n) is 6.79. The Morgan fingerprint density at radius 2 is 2.00 bits per heavy atom. The van der Waals surface area contributed by atoms with E-state index in [2.05, 4.69) is 10.6 Å². The number of benzene rings is 1. The largest absolute Gasteiger partial charge is 0.466 e. The molecule has 3 N–H and O–H groups in total. The third kappa shape index (κ3) is 3.96. The minimum absolute atomic E-state index is 0.202. The second kappa shape index (κ2) is 6.77. The molecule has 0 aliphatic carbocycles. The van der Waals surface area contributed by atoms with Gasteiger partial charge in [0.15, 0.2) is 0 Å². The SMILES string of the molecule is CC(O)(CNC(=O)C(=O)Nc1ccccc1C#N)c1ccco1. The fraction of sp³-hybridized carbons (Fsp3) is 0.188. The standard InChI is InChI=1S/C16H15N3O4/c1-16(22,13-7-4-8-23-13)10-18-14(20)15(21)19-12-6-3-2-5-11(12)9-17/h2-8,22H,10H2,1H3,(H,18,20)(H,19,21). The van der Waals surface area contributed by atoms with Crippen molar-refractivity contribution in [3.63, 3.8) is 0 Å². The second-order valence-corrected chi connectivity index (χ2v) is 5.05. The predicted octanol–water partition coefficient (Wildman–Crippen LogP) is 1.11. The van der Waals surface area contributed by atoms with Gasteiger partial charge in [-0.1, -0.05) is 12.1 Å². The zero-order valence-electron chi connectivity index (χ0n) is 12.4. The molecule has 1 unspecified atom stereocenters. The lowest BCUT2D eigenvalue weighted by Gasteiger charge is -2.20. The number of nitrogens with one attached hydrogen (secondary N) is 2. The number of amides is 2. The van der Waals surface area contributed by atoms with E-state index in [1.54, 1.807) is 24.3 Å². The van der Waals surface area contributed by atoms with Crippen LogP contribution in [0.25, 0.3) is 0 Å². The fourth-order valence-electron chi connectivity index (χ4n) is 1.87. The third-order valence-electron chi connectivity index (χ3n) is 3.15. The molecule has 7 heteroatoms. The van der Waals surface area contributed by atoms with Crippen LogP contribution in [0.5, 0.6) is 0 Å². The van der Waals surface area contributed by atoms with Gasteiger partial charge in [-0.2, -0.15) is 5.26 Å². The molecule has 118 valence electrons. The van der Waals surface area contributed by atoms with E-state index in [0.717, 1.165) is 0 Å². The van der Waals surface area contributed by atoms with Gasteiger partial charge in [-0.3, -0.25) is 9.59 Å². The third-order valence-corrected chi connectivity index (χ3v) is 3.15. The molecule has 2 aromatic rings. The Kier molecular flexibility index (Phi) is 4.79. The lowest BCUT2D eigenvalue weighted by Crippen LogP contribution is -2.43. The molecule has 1 heterocycles. The topological polar surface area (TPSA) is 115 Å². The Balaban J connectivity index is 1.96. The van der Waals surface area contributed by atoms with Crippen LogP contribution in [0.3, 0.4) is 0 Å². The number of rotatable bonds is 4.